The number of likely N-dealkylation sites (tertiary alicyclic amines) is 1. The Kier molecular flexibility index (Phi) is 6.24. The van der Waals surface area contributed by atoms with Gasteiger partial charge in [-0.2, -0.15) is 13.2 Å². The van der Waals surface area contributed by atoms with E-state index >= 15 is 0 Å². The van der Waals surface area contributed by atoms with Gasteiger partial charge in [-0.1, -0.05) is 31.4 Å². The Labute approximate surface area is 194 Å². The van der Waals surface area contributed by atoms with Crippen LogP contribution in [-0.4, -0.2) is 50.3 Å². The van der Waals surface area contributed by atoms with Gasteiger partial charge in [0.2, 0.25) is 5.91 Å². The van der Waals surface area contributed by atoms with Gasteiger partial charge < -0.3 is 10.0 Å². The molecule has 1 aromatic carbocycles. The monoisotopic (exact) mass is 485 g/mol. The third kappa shape index (κ3) is 4.62. The summed E-state index contributed by atoms with van der Waals surface area (Å²) in [5.41, 5.74) is -1.78. The quantitative estimate of drug-likeness (QED) is 0.705. The average Bonchev–Trinajstić information content (AvgIpc) is 3.20. The number of nitrogens with zero attached hydrogens (tertiary/aromatic N) is 3. The van der Waals surface area contributed by atoms with Crippen LogP contribution in [0.25, 0.3) is 10.9 Å². The summed E-state index contributed by atoms with van der Waals surface area (Å²) in [7, 11) is 0. The molecule has 10 heteroatoms. The average molecular weight is 486 g/mol. The van der Waals surface area contributed by atoms with Crippen molar-refractivity contribution in [2.45, 2.75) is 63.8 Å². The first-order valence-corrected chi connectivity index (χ1v) is 11.5. The van der Waals surface area contributed by atoms with E-state index in [2.05, 4.69) is 4.98 Å². The molecular weight excluding hydrogens is 459 g/mol. The van der Waals surface area contributed by atoms with E-state index in [9.17, 15) is 27.9 Å². The topological polar surface area (TPSA) is 75.4 Å². The standard InChI is InChI=1S/C23H27ClF3N3O3/c1-15(11-23(25,26)27)19(31)29-9-8-22(33,21(12-29)6-2-3-7-21)13-30-14-28-18-10-16(24)4-5-17(18)20(30)32/h4-5,10,14-15,33H,2-3,6-9,11-13H2,1H3/t15-,22?/m1/s1. The Balaban J connectivity index is 1.60. The second kappa shape index (κ2) is 8.58. The van der Waals surface area contributed by atoms with Crippen LogP contribution in [0, 0.1) is 11.3 Å². The minimum absolute atomic E-state index is 0.0114. The van der Waals surface area contributed by atoms with Gasteiger partial charge in [0, 0.05) is 29.4 Å². The highest BCUT2D eigenvalue weighted by molar-refractivity contribution is 6.31. The van der Waals surface area contributed by atoms with Crippen molar-refractivity contribution in [3.8, 4) is 0 Å². The molecule has 1 aliphatic carbocycles. The predicted molar refractivity (Wildman–Crippen MR) is 118 cm³/mol. The molecule has 6 nitrogen and oxygen atoms in total. The van der Waals surface area contributed by atoms with E-state index in [0.717, 1.165) is 12.8 Å². The van der Waals surface area contributed by atoms with E-state index in [1.807, 2.05) is 0 Å². The number of carbonyl (C=O) groups is 1. The molecule has 1 saturated carbocycles. The van der Waals surface area contributed by atoms with Crippen LogP contribution in [0.1, 0.15) is 45.4 Å². The molecule has 0 bridgehead atoms. The van der Waals surface area contributed by atoms with Crippen molar-refractivity contribution in [2.75, 3.05) is 13.1 Å². The summed E-state index contributed by atoms with van der Waals surface area (Å²) in [6.45, 7) is 1.64. The first-order valence-electron chi connectivity index (χ1n) is 11.2. The summed E-state index contributed by atoms with van der Waals surface area (Å²) in [5, 5.41) is 12.7. The summed E-state index contributed by atoms with van der Waals surface area (Å²) < 4.78 is 39.8. The lowest BCUT2D eigenvalue weighted by Crippen LogP contribution is -2.62. The van der Waals surface area contributed by atoms with Crippen LogP contribution < -0.4 is 5.56 Å². The number of hydrogen-bond donors (Lipinski definition) is 1. The molecule has 1 amide bonds. The number of alkyl halides is 3. The van der Waals surface area contributed by atoms with Gasteiger partial charge in [-0.05, 0) is 37.5 Å². The Morgan fingerprint density at radius 2 is 1.97 bits per heavy atom. The number of carbonyl (C=O) groups excluding carboxylic acids is 1. The molecule has 180 valence electrons. The van der Waals surface area contributed by atoms with Crippen LogP contribution in [0.4, 0.5) is 13.2 Å². The molecule has 2 aromatic rings. The molecule has 2 aliphatic rings. The van der Waals surface area contributed by atoms with Crippen molar-refractivity contribution in [1.82, 2.24) is 14.5 Å². The Morgan fingerprint density at radius 1 is 1.27 bits per heavy atom. The van der Waals surface area contributed by atoms with Gasteiger partial charge in [0.1, 0.15) is 0 Å². The lowest BCUT2D eigenvalue weighted by Gasteiger charge is -2.52. The minimum atomic E-state index is -4.41. The maximum atomic E-state index is 13.1. The minimum Gasteiger partial charge on any atom is -0.387 e. The number of halogens is 4. The summed E-state index contributed by atoms with van der Waals surface area (Å²) >= 11 is 5.98. The maximum Gasteiger partial charge on any atom is 0.389 e. The zero-order chi connectivity index (χ0) is 24.0. The number of fused-ring (bicyclic) bond motifs is 1. The lowest BCUT2D eigenvalue weighted by atomic mass is 9.65. The number of hydrogen-bond acceptors (Lipinski definition) is 4. The first-order chi connectivity index (χ1) is 15.4. The number of aromatic nitrogens is 2. The van der Waals surface area contributed by atoms with Crippen molar-refractivity contribution in [3.63, 3.8) is 0 Å². The van der Waals surface area contributed by atoms with Crippen LogP contribution in [0.3, 0.4) is 0 Å². The third-order valence-corrected chi connectivity index (χ3v) is 7.56. The van der Waals surface area contributed by atoms with E-state index < -0.39 is 35.4 Å². The highest BCUT2D eigenvalue weighted by atomic mass is 35.5. The number of piperidine rings is 1. The van der Waals surface area contributed by atoms with Gasteiger partial charge in [0.05, 0.1) is 35.8 Å². The molecule has 4 rings (SSSR count). The van der Waals surface area contributed by atoms with Crippen LogP contribution in [0.15, 0.2) is 29.3 Å². The van der Waals surface area contributed by atoms with Gasteiger partial charge >= 0.3 is 6.18 Å². The lowest BCUT2D eigenvalue weighted by molar-refractivity contribution is -0.172. The second-order valence-corrected chi connectivity index (χ2v) is 10.0. The number of benzene rings is 1. The van der Waals surface area contributed by atoms with Crippen molar-refractivity contribution in [2.24, 2.45) is 11.3 Å². The van der Waals surface area contributed by atoms with Gasteiger partial charge in [0.25, 0.3) is 5.56 Å². The van der Waals surface area contributed by atoms with Gasteiger partial charge in [-0.25, -0.2) is 4.98 Å². The van der Waals surface area contributed by atoms with Gasteiger partial charge in [-0.15, -0.1) is 0 Å². The van der Waals surface area contributed by atoms with E-state index in [1.165, 1.54) is 22.7 Å². The smallest absolute Gasteiger partial charge is 0.387 e. The van der Waals surface area contributed by atoms with Crippen LogP contribution in [-0.2, 0) is 11.3 Å². The first kappa shape index (κ1) is 24.0. The predicted octanol–water partition coefficient (Wildman–Crippen LogP) is 4.16. The SMILES string of the molecule is C[C@H](CC(F)(F)F)C(=O)N1CCC(O)(Cn2cnc3cc(Cl)ccc3c2=O)C2(CCCC2)C1. The highest BCUT2D eigenvalue weighted by Gasteiger charge is 2.56. The molecule has 1 saturated heterocycles. The molecule has 1 aliphatic heterocycles. The fraction of sp³-hybridized carbons (Fsp3) is 0.609. The number of rotatable bonds is 4. The van der Waals surface area contributed by atoms with Crippen molar-refractivity contribution >= 4 is 28.4 Å². The zero-order valence-corrected chi connectivity index (χ0v) is 19.1. The second-order valence-electron chi connectivity index (χ2n) is 9.59. The maximum absolute atomic E-state index is 13.1. The van der Waals surface area contributed by atoms with Crippen LogP contribution >= 0.6 is 11.6 Å². The van der Waals surface area contributed by atoms with E-state index in [4.69, 9.17) is 11.6 Å². The Hall–Kier alpha value is -2.13. The van der Waals surface area contributed by atoms with E-state index in [1.54, 1.807) is 18.2 Å². The summed E-state index contributed by atoms with van der Waals surface area (Å²) in [6.07, 6.45) is -1.00. The number of aliphatic hydroxyl groups is 1. The van der Waals surface area contributed by atoms with Gasteiger partial charge in [-0.3, -0.25) is 14.2 Å². The molecular formula is C23H27ClF3N3O3. The summed E-state index contributed by atoms with van der Waals surface area (Å²) in [6, 6.07) is 4.81. The molecule has 0 radical (unpaired) electrons. The van der Waals surface area contributed by atoms with Gasteiger partial charge in [0.15, 0.2) is 0 Å². The summed E-state index contributed by atoms with van der Waals surface area (Å²) in [4.78, 5) is 31.6. The molecule has 1 spiro atoms. The van der Waals surface area contributed by atoms with Crippen molar-refractivity contribution in [1.29, 1.82) is 0 Å². The van der Waals surface area contributed by atoms with Crippen LogP contribution in [0.5, 0.6) is 0 Å². The van der Waals surface area contributed by atoms with Crippen molar-refractivity contribution < 1.29 is 23.1 Å². The Morgan fingerprint density at radius 3 is 2.64 bits per heavy atom. The molecule has 33 heavy (non-hydrogen) atoms. The fourth-order valence-electron chi connectivity index (χ4n) is 5.56. The van der Waals surface area contributed by atoms with Crippen LogP contribution in [0.2, 0.25) is 5.02 Å². The van der Waals surface area contributed by atoms with E-state index in [-0.39, 0.29) is 31.6 Å². The molecule has 1 N–H and O–H groups in total. The zero-order valence-electron chi connectivity index (χ0n) is 18.4. The molecule has 2 atom stereocenters. The molecule has 2 heterocycles. The Bertz CT molecular complexity index is 1110. The number of amides is 1. The normalized spacial score (nSPS) is 23.9. The largest absolute Gasteiger partial charge is 0.389 e. The molecule has 1 unspecified atom stereocenters. The van der Waals surface area contributed by atoms with E-state index in [0.29, 0.717) is 28.8 Å². The highest BCUT2D eigenvalue weighted by Crippen LogP contribution is 2.51. The third-order valence-electron chi connectivity index (χ3n) is 7.33. The van der Waals surface area contributed by atoms with Crippen molar-refractivity contribution in [3.05, 3.63) is 39.9 Å². The molecule has 2 fully saturated rings. The molecule has 1 aromatic heterocycles. The summed E-state index contributed by atoms with van der Waals surface area (Å²) in [5.74, 6) is -1.71. The fourth-order valence-corrected chi connectivity index (χ4v) is 5.73.